The second kappa shape index (κ2) is 5.99. The van der Waals surface area contributed by atoms with Gasteiger partial charge >= 0.3 is 6.15 Å². The van der Waals surface area contributed by atoms with E-state index in [2.05, 4.69) is 5.32 Å². The maximum atomic E-state index is 11.2. The molecule has 7 heteroatoms. The van der Waals surface area contributed by atoms with Crippen molar-refractivity contribution in [3.8, 4) is 0 Å². The summed E-state index contributed by atoms with van der Waals surface area (Å²) in [6.45, 7) is 3.96. The lowest BCUT2D eigenvalue weighted by Crippen LogP contribution is -2.47. The van der Waals surface area contributed by atoms with Crippen molar-refractivity contribution < 1.29 is 23.9 Å². The minimum absolute atomic E-state index is 0.199. The molecule has 1 fully saturated rings. The molecule has 1 unspecified atom stereocenters. The summed E-state index contributed by atoms with van der Waals surface area (Å²) < 4.78 is 4.90. The molecular formula is C9H14N2O5. The van der Waals surface area contributed by atoms with Crippen LogP contribution in [0.2, 0.25) is 0 Å². The van der Waals surface area contributed by atoms with Gasteiger partial charge < -0.3 is 15.8 Å². The van der Waals surface area contributed by atoms with Gasteiger partial charge in [0.05, 0.1) is 6.04 Å². The summed E-state index contributed by atoms with van der Waals surface area (Å²) in [7, 11) is 0. The Morgan fingerprint density at radius 2 is 2.12 bits per heavy atom. The Morgan fingerprint density at radius 1 is 1.62 bits per heavy atom. The second-order valence-electron chi connectivity index (χ2n) is 3.34. The van der Waals surface area contributed by atoms with Crippen LogP contribution in [0.25, 0.3) is 0 Å². The van der Waals surface area contributed by atoms with E-state index in [0.717, 1.165) is 0 Å². The standard InChI is InChI=1S/C8H14N2O3.CO2/c1-3-8(13-4-11)5(2)6(9)7(12)10-8;2-1-3/h4-6H,3,9H2,1-2H3,(H,10,12);/t5-,6+,8?;/m1./s1. The number of hydrogen-bond donors (Lipinski definition) is 2. The van der Waals surface area contributed by atoms with Gasteiger partial charge in [-0.1, -0.05) is 13.8 Å². The van der Waals surface area contributed by atoms with E-state index >= 15 is 0 Å². The smallest absolute Gasteiger partial charge is 0.373 e. The Morgan fingerprint density at radius 3 is 2.38 bits per heavy atom. The summed E-state index contributed by atoms with van der Waals surface area (Å²) in [5.74, 6) is -0.466. The first kappa shape index (κ1) is 14.3. The third kappa shape index (κ3) is 2.65. The van der Waals surface area contributed by atoms with Gasteiger partial charge in [0.1, 0.15) is 0 Å². The van der Waals surface area contributed by atoms with E-state index in [4.69, 9.17) is 20.1 Å². The maximum Gasteiger partial charge on any atom is 0.373 e. The van der Waals surface area contributed by atoms with Crippen molar-refractivity contribution in [3.63, 3.8) is 0 Å². The average Bonchev–Trinajstić information content (AvgIpc) is 2.46. The predicted octanol–water partition coefficient (Wildman–Crippen LogP) is -1.22. The number of hydrogen-bond acceptors (Lipinski definition) is 6. The van der Waals surface area contributed by atoms with Gasteiger partial charge in [0.15, 0.2) is 5.72 Å². The summed E-state index contributed by atoms with van der Waals surface area (Å²) in [5, 5.41) is 2.60. The molecule has 0 spiro atoms. The lowest BCUT2D eigenvalue weighted by Gasteiger charge is -2.30. The summed E-state index contributed by atoms with van der Waals surface area (Å²) >= 11 is 0. The van der Waals surface area contributed by atoms with E-state index in [1.54, 1.807) is 6.92 Å². The molecule has 3 atom stereocenters. The van der Waals surface area contributed by atoms with Gasteiger partial charge in [0, 0.05) is 12.3 Å². The molecule has 16 heavy (non-hydrogen) atoms. The van der Waals surface area contributed by atoms with Gasteiger partial charge in [0.2, 0.25) is 5.91 Å². The molecule has 1 amide bonds. The summed E-state index contributed by atoms with van der Waals surface area (Å²) in [5.41, 5.74) is 4.69. The molecule has 0 aliphatic carbocycles. The molecule has 90 valence electrons. The fourth-order valence-corrected chi connectivity index (χ4v) is 1.64. The number of nitrogens with one attached hydrogen (secondary N) is 1. The lowest BCUT2D eigenvalue weighted by molar-refractivity contribution is -0.191. The molecule has 1 saturated heterocycles. The van der Waals surface area contributed by atoms with E-state index < -0.39 is 11.8 Å². The molecule has 0 aromatic carbocycles. The molecule has 7 nitrogen and oxygen atoms in total. The first-order valence-electron chi connectivity index (χ1n) is 4.67. The zero-order valence-electron chi connectivity index (χ0n) is 9.06. The van der Waals surface area contributed by atoms with Crippen LogP contribution in [0.5, 0.6) is 0 Å². The molecule has 0 saturated carbocycles. The highest BCUT2D eigenvalue weighted by Crippen LogP contribution is 2.29. The minimum Gasteiger partial charge on any atom is -0.441 e. The molecule has 3 N–H and O–H groups in total. The van der Waals surface area contributed by atoms with Crippen LogP contribution in [0.1, 0.15) is 20.3 Å². The van der Waals surface area contributed by atoms with E-state index in [1.165, 1.54) is 0 Å². The number of rotatable bonds is 3. The summed E-state index contributed by atoms with van der Waals surface area (Å²) in [6, 6.07) is -0.597. The third-order valence-electron chi connectivity index (χ3n) is 2.70. The van der Waals surface area contributed by atoms with Crippen LogP contribution in [0.4, 0.5) is 0 Å². The zero-order chi connectivity index (χ0) is 12.8. The van der Waals surface area contributed by atoms with Crippen LogP contribution in [-0.4, -0.2) is 30.3 Å². The Bertz CT molecular complexity index is 300. The van der Waals surface area contributed by atoms with Crippen molar-refractivity contribution in [2.24, 2.45) is 11.7 Å². The average molecular weight is 230 g/mol. The van der Waals surface area contributed by atoms with Gasteiger partial charge in [-0.3, -0.25) is 9.59 Å². The van der Waals surface area contributed by atoms with Gasteiger partial charge in [-0.25, -0.2) is 0 Å². The number of carbonyl (C=O) groups is 2. The fraction of sp³-hybridized carbons (Fsp3) is 0.667. The van der Waals surface area contributed by atoms with Crippen LogP contribution < -0.4 is 11.1 Å². The Hall–Kier alpha value is -1.72. The lowest BCUT2D eigenvalue weighted by atomic mass is 9.93. The maximum absolute atomic E-state index is 11.2. The zero-order valence-corrected chi connectivity index (χ0v) is 9.06. The van der Waals surface area contributed by atoms with Crippen LogP contribution in [0.15, 0.2) is 0 Å². The number of amides is 1. The first-order chi connectivity index (χ1) is 7.48. The van der Waals surface area contributed by atoms with Crippen molar-refractivity contribution in [2.75, 3.05) is 0 Å². The molecule has 0 radical (unpaired) electrons. The highest BCUT2D eigenvalue weighted by atomic mass is 16.6. The van der Waals surface area contributed by atoms with E-state index in [0.29, 0.717) is 12.9 Å². The normalized spacial score (nSPS) is 31.8. The van der Waals surface area contributed by atoms with Crippen LogP contribution >= 0.6 is 0 Å². The molecule has 0 bridgehead atoms. The van der Waals surface area contributed by atoms with E-state index in [-0.39, 0.29) is 18.0 Å². The molecule has 0 aromatic heterocycles. The highest BCUT2D eigenvalue weighted by Gasteiger charge is 2.50. The Balaban J connectivity index is 0.000000673. The van der Waals surface area contributed by atoms with E-state index in [1.807, 2.05) is 6.92 Å². The van der Waals surface area contributed by atoms with Crippen LogP contribution in [0.3, 0.4) is 0 Å². The monoisotopic (exact) mass is 230 g/mol. The van der Waals surface area contributed by atoms with Crippen molar-refractivity contribution in [3.05, 3.63) is 0 Å². The number of carbonyl (C=O) groups excluding carboxylic acids is 4. The largest absolute Gasteiger partial charge is 0.441 e. The van der Waals surface area contributed by atoms with Gasteiger partial charge in [-0.05, 0) is 0 Å². The third-order valence-corrected chi connectivity index (χ3v) is 2.70. The van der Waals surface area contributed by atoms with Crippen molar-refractivity contribution in [2.45, 2.75) is 32.0 Å². The molecule has 1 aliphatic heterocycles. The quantitative estimate of drug-likeness (QED) is 0.587. The fourth-order valence-electron chi connectivity index (χ4n) is 1.64. The van der Waals surface area contributed by atoms with Crippen molar-refractivity contribution in [1.82, 2.24) is 5.32 Å². The Labute approximate surface area is 92.3 Å². The molecule has 0 aromatic rings. The van der Waals surface area contributed by atoms with Gasteiger partial charge in [-0.15, -0.1) is 0 Å². The molecule has 1 rings (SSSR count). The van der Waals surface area contributed by atoms with Gasteiger partial charge in [0.25, 0.3) is 6.47 Å². The first-order valence-corrected chi connectivity index (χ1v) is 4.67. The Kier molecular flexibility index (Phi) is 5.35. The molecule has 1 aliphatic rings. The summed E-state index contributed by atoms with van der Waals surface area (Å²) in [6.07, 6.45) is 0.770. The second-order valence-corrected chi connectivity index (χ2v) is 3.34. The predicted molar refractivity (Wildman–Crippen MR) is 50.5 cm³/mol. The summed E-state index contributed by atoms with van der Waals surface area (Å²) in [4.78, 5) is 37.7. The van der Waals surface area contributed by atoms with Crippen molar-refractivity contribution >= 4 is 18.5 Å². The van der Waals surface area contributed by atoms with Crippen LogP contribution in [-0.2, 0) is 23.9 Å². The number of nitrogens with two attached hydrogens (primary N) is 1. The number of ether oxygens (including phenoxy) is 1. The van der Waals surface area contributed by atoms with Gasteiger partial charge in [-0.2, -0.15) is 9.59 Å². The SMILES string of the molecule is CCC1(OC=O)NC(=O)[C@@H](N)[C@H]1C.O=C=O. The van der Waals surface area contributed by atoms with Crippen molar-refractivity contribution in [1.29, 1.82) is 0 Å². The minimum atomic E-state index is -0.905. The topological polar surface area (TPSA) is 116 Å². The molecule has 1 heterocycles. The molecular weight excluding hydrogens is 216 g/mol. The van der Waals surface area contributed by atoms with E-state index in [9.17, 15) is 9.59 Å². The van der Waals surface area contributed by atoms with Crippen LogP contribution in [0, 0.1) is 5.92 Å². The highest BCUT2D eigenvalue weighted by molar-refractivity contribution is 5.85.